The second kappa shape index (κ2) is 7.24. The summed E-state index contributed by atoms with van der Waals surface area (Å²) in [6, 6.07) is 3.01. The van der Waals surface area contributed by atoms with Crippen molar-refractivity contribution in [1.82, 2.24) is 4.90 Å². The Kier molecular flexibility index (Phi) is 6.19. The topological polar surface area (TPSA) is 63.7 Å². The van der Waals surface area contributed by atoms with Gasteiger partial charge in [-0.2, -0.15) is 0 Å². The maximum Gasteiger partial charge on any atom is 0.261 e. The Morgan fingerprint density at radius 3 is 2.38 bits per heavy atom. The first-order valence-electron chi connectivity index (χ1n) is 6.56. The number of hydrogen-bond donors (Lipinski definition) is 0. The molecule has 21 heavy (non-hydrogen) atoms. The molecule has 0 aliphatic rings. The van der Waals surface area contributed by atoms with Crippen molar-refractivity contribution >= 4 is 25.6 Å². The molecule has 5 nitrogen and oxygen atoms in total. The molecule has 0 fully saturated rings. The number of benzene rings is 1. The number of likely N-dealkylation sites (N-methyl/N-ethyl adjacent to an activating group) is 1. The number of carbonyl (C=O) groups excluding carboxylic acids is 1. The van der Waals surface area contributed by atoms with Crippen LogP contribution in [-0.4, -0.2) is 46.0 Å². The number of methoxy groups -OCH3 is 1. The largest absolute Gasteiger partial charge is 0.383 e. The minimum Gasteiger partial charge on any atom is -0.383 e. The van der Waals surface area contributed by atoms with Crippen LogP contribution < -0.4 is 0 Å². The zero-order chi connectivity index (χ0) is 16.2. The van der Waals surface area contributed by atoms with Crippen molar-refractivity contribution in [2.45, 2.75) is 25.7 Å². The predicted octanol–water partition coefficient (Wildman–Crippen LogP) is 2.34. The number of amides is 1. The number of ether oxygens (including phenoxy) is 1. The standard InChI is InChI=1S/C14H20ClNO4S/c1-5-16(6-7-20-4)14(17)12-9-13(21(15,18)19)11(3)8-10(12)2/h8-9H,5-7H2,1-4H3. The lowest BCUT2D eigenvalue weighted by atomic mass is 10.0. The Labute approximate surface area is 130 Å². The van der Waals surface area contributed by atoms with Crippen molar-refractivity contribution in [3.05, 3.63) is 28.8 Å². The van der Waals surface area contributed by atoms with Crippen molar-refractivity contribution < 1.29 is 17.9 Å². The fourth-order valence-electron chi connectivity index (χ4n) is 2.10. The first-order valence-corrected chi connectivity index (χ1v) is 8.87. The molecular formula is C14H20ClNO4S. The van der Waals surface area contributed by atoms with Crippen molar-refractivity contribution in [2.24, 2.45) is 0 Å². The first-order chi connectivity index (χ1) is 9.72. The Balaban J connectivity index is 3.26. The van der Waals surface area contributed by atoms with Gasteiger partial charge < -0.3 is 9.64 Å². The molecule has 0 aromatic heterocycles. The number of hydrogen-bond acceptors (Lipinski definition) is 4. The van der Waals surface area contributed by atoms with Crippen LogP contribution in [0.15, 0.2) is 17.0 Å². The molecule has 0 bridgehead atoms. The van der Waals surface area contributed by atoms with Gasteiger partial charge in [-0.25, -0.2) is 8.42 Å². The van der Waals surface area contributed by atoms with Crippen LogP contribution in [0.1, 0.15) is 28.4 Å². The third kappa shape index (κ3) is 4.43. The highest BCUT2D eigenvalue weighted by Gasteiger charge is 2.21. The Hall–Kier alpha value is -1.11. The van der Waals surface area contributed by atoms with Gasteiger partial charge in [-0.1, -0.05) is 6.07 Å². The Bertz CT molecular complexity index is 628. The number of nitrogens with zero attached hydrogens (tertiary/aromatic N) is 1. The van der Waals surface area contributed by atoms with E-state index in [4.69, 9.17) is 15.4 Å². The second-order valence-corrected chi connectivity index (χ2v) is 7.28. The van der Waals surface area contributed by atoms with Gasteiger partial charge in [0.15, 0.2) is 0 Å². The van der Waals surface area contributed by atoms with Gasteiger partial charge in [0.2, 0.25) is 0 Å². The van der Waals surface area contributed by atoms with Crippen LogP contribution >= 0.6 is 10.7 Å². The van der Waals surface area contributed by atoms with Crippen LogP contribution in [0.5, 0.6) is 0 Å². The minimum absolute atomic E-state index is 0.0269. The van der Waals surface area contributed by atoms with Crippen LogP contribution in [0, 0.1) is 13.8 Å². The van der Waals surface area contributed by atoms with Gasteiger partial charge in [0, 0.05) is 36.4 Å². The van der Waals surface area contributed by atoms with Gasteiger partial charge in [-0.15, -0.1) is 0 Å². The maximum atomic E-state index is 12.5. The lowest BCUT2D eigenvalue weighted by molar-refractivity contribution is 0.0705. The second-order valence-electron chi connectivity index (χ2n) is 4.75. The molecule has 118 valence electrons. The van der Waals surface area contributed by atoms with Crippen molar-refractivity contribution in [3.63, 3.8) is 0 Å². The number of rotatable bonds is 6. The molecule has 1 rings (SSSR count). The van der Waals surface area contributed by atoms with E-state index in [-0.39, 0.29) is 10.8 Å². The summed E-state index contributed by atoms with van der Waals surface area (Å²) in [7, 11) is 3.10. The maximum absolute atomic E-state index is 12.5. The molecule has 7 heteroatoms. The van der Waals surface area contributed by atoms with Crippen molar-refractivity contribution in [3.8, 4) is 0 Å². The van der Waals surface area contributed by atoms with E-state index < -0.39 is 9.05 Å². The molecule has 0 N–H and O–H groups in total. The average molecular weight is 334 g/mol. The molecule has 1 aromatic carbocycles. The minimum atomic E-state index is -3.88. The molecule has 0 aliphatic heterocycles. The summed E-state index contributed by atoms with van der Waals surface area (Å²) in [6.07, 6.45) is 0. The van der Waals surface area contributed by atoms with Gasteiger partial charge in [-0.05, 0) is 38.0 Å². The fraction of sp³-hybridized carbons (Fsp3) is 0.500. The van der Waals surface area contributed by atoms with Gasteiger partial charge in [0.1, 0.15) is 0 Å². The van der Waals surface area contributed by atoms with E-state index in [1.54, 1.807) is 31.9 Å². The summed E-state index contributed by atoms with van der Waals surface area (Å²) >= 11 is 0. The highest BCUT2D eigenvalue weighted by molar-refractivity contribution is 8.13. The van der Waals surface area contributed by atoms with E-state index in [1.165, 1.54) is 6.07 Å². The molecule has 0 aliphatic carbocycles. The number of halogens is 1. The highest BCUT2D eigenvalue weighted by Crippen LogP contribution is 2.24. The lowest BCUT2D eigenvalue weighted by Crippen LogP contribution is -2.34. The van der Waals surface area contributed by atoms with Crippen LogP contribution in [0.25, 0.3) is 0 Å². The van der Waals surface area contributed by atoms with Crippen LogP contribution in [-0.2, 0) is 13.8 Å². The molecular weight excluding hydrogens is 314 g/mol. The van der Waals surface area contributed by atoms with Gasteiger partial charge in [0.25, 0.3) is 15.0 Å². The van der Waals surface area contributed by atoms with E-state index in [0.717, 1.165) is 5.56 Å². The fourth-order valence-corrected chi connectivity index (χ4v) is 3.30. The summed E-state index contributed by atoms with van der Waals surface area (Å²) in [5.74, 6) is -0.228. The third-order valence-corrected chi connectivity index (χ3v) is 4.71. The number of carbonyl (C=O) groups is 1. The normalized spacial score (nSPS) is 11.5. The highest BCUT2D eigenvalue weighted by atomic mass is 35.7. The van der Waals surface area contributed by atoms with Crippen LogP contribution in [0.2, 0.25) is 0 Å². The van der Waals surface area contributed by atoms with E-state index >= 15 is 0 Å². The van der Waals surface area contributed by atoms with Gasteiger partial charge in [-0.3, -0.25) is 4.79 Å². The average Bonchev–Trinajstić information content (AvgIpc) is 2.37. The van der Waals surface area contributed by atoms with Crippen LogP contribution in [0.4, 0.5) is 0 Å². The van der Waals surface area contributed by atoms with Crippen molar-refractivity contribution in [2.75, 3.05) is 26.8 Å². The lowest BCUT2D eigenvalue weighted by Gasteiger charge is -2.22. The summed E-state index contributed by atoms with van der Waals surface area (Å²) in [4.78, 5) is 14.1. The molecule has 0 heterocycles. The summed E-state index contributed by atoms with van der Waals surface area (Å²) in [6.45, 7) is 6.66. The number of aryl methyl sites for hydroxylation is 2. The van der Waals surface area contributed by atoms with E-state index in [0.29, 0.717) is 30.8 Å². The smallest absolute Gasteiger partial charge is 0.261 e. The molecule has 0 spiro atoms. The summed E-state index contributed by atoms with van der Waals surface area (Å²) in [5, 5.41) is 0. The predicted molar refractivity (Wildman–Crippen MR) is 82.4 cm³/mol. The molecule has 1 amide bonds. The van der Waals surface area contributed by atoms with Gasteiger partial charge in [0.05, 0.1) is 11.5 Å². The monoisotopic (exact) mass is 333 g/mol. The van der Waals surface area contributed by atoms with E-state index in [9.17, 15) is 13.2 Å². The molecule has 0 saturated heterocycles. The Morgan fingerprint density at radius 2 is 1.90 bits per heavy atom. The van der Waals surface area contributed by atoms with E-state index in [1.807, 2.05) is 6.92 Å². The molecule has 0 unspecified atom stereocenters. The molecule has 0 radical (unpaired) electrons. The molecule has 0 saturated carbocycles. The van der Waals surface area contributed by atoms with Gasteiger partial charge >= 0.3 is 0 Å². The summed E-state index contributed by atoms with van der Waals surface area (Å²) in [5.41, 5.74) is 1.59. The first kappa shape index (κ1) is 17.9. The van der Waals surface area contributed by atoms with E-state index in [2.05, 4.69) is 0 Å². The zero-order valence-corrected chi connectivity index (χ0v) is 14.2. The Morgan fingerprint density at radius 1 is 1.29 bits per heavy atom. The summed E-state index contributed by atoms with van der Waals surface area (Å²) < 4.78 is 28.1. The zero-order valence-electron chi connectivity index (χ0n) is 12.6. The SMILES string of the molecule is CCN(CCOC)C(=O)c1cc(S(=O)(=O)Cl)c(C)cc1C. The van der Waals surface area contributed by atoms with Crippen molar-refractivity contribution in [1.29, 1.82) is 0 Å². The molecule has 0 atom stereocenters. The molecule has 1 aromatic rings. The quantitative estimate of drug-likeness (QED) is 0.750. The van der Waals surface area contributed by atoms with Crippen LogP contribution in [0.3, 0.4) is 0 Å². The third-order valence-electron chi connectivity index (χ3n) is 3.25.